The number of para-hydroxylation sites is 1. The van der Waals surface area contributed by atoms with Crippen molar-refractivity contribution in [2.75, 3.05) is 37.1 Å². The van der Waals surface area contributed by atoms with Crippen LogP contribution in [0.15, 0.2) is 18.2 Å². The topological polar surface area (TPSA) is 55.4 Å². The minimum absolute atomic E-state index is 0. The molecule has 23 heavy (non-hydrogen) atoms. The molecule has 6 heteroatoms. The van der Waals surface area contributed by atoms with E-state index in [0.717, 1.165) is 24.0 Å². The summed E-state index contributed by atoms with van der Waals surface area (Å²) in [5.74, 6) is -0.431. The van der Waals surface area contributed by atoms with E-state index in [1.807, 2.05) is 13.0 Å². The van der Waals surface area contributed by atoms with Gasteiger partial charge in [-0.3, -0.25) is 4.79 Å². The number of methoxy groups -OCH3 is 1. The summed E-state index contributed by atoms with van der Waals surface area (Å²) >= 11 is 0. The number of aryl methyl sites for hydroxylation is 1. The Bertz CT molecular complexity index is 536. The van der Waals surface area contributed by atoms with Crippen LogP contribution in [0.1, 0.15) is 36.7 Å². The van der Waals surface area contributed by atoms with E-state index in [4.69, 9.17) is 4.74 Å². The molecule has 1 amide bonds. The third-order valence-corrected chi connectivity index (χ3v) is 9.42. The van der Waals surface area contributed by atoms with Gasteiger partial charge in [-0.25, -0.2) is 4.79 Å². The second-order valence-electron chi connectivity index (χ2n) is 5.49. The van der Waals surface area contributed by atoms with E-state index in [0.29, 0.717) is 17.4 Å². The van der Waals surface area contributed by atoms with Crippen LogP contribution in [0.3, 0.4) is 0 Å². The first-order valence-electron chi connectivity index (χ1n) is 7.75. The zero-order chi connectivity index (χ0) is 16.8. The Balaban J connectivity index is 0.00000484. The number of amides is 1. The van der Waals surface area contributed by atoms with Crippen molar-refractivity contribution in [3.63, 3.8) is 0 Å². The van der Waals surface area contributed by atoms with Crippen molar-refractivity contribution in [3.8, 4) is 0 Å². The van der Waals surface area contributed by atoms with Gasteiger partial charge in [-0.15, -0.1) is 0 Å². The molecule has 0 atom stereocenters. The summed E-state index contributed by atoms with van der Waals surface area (Å²) in [6.45, 7) is 8.38. The molecule has 0 aliphatic carbocycles. The van der Waals surface area contributed by atoms with Crippen LogP contribution in [0, 0.1) is 6.92 Å². The normalized spacial score (nSPS) is 10.7. The molecule has 130 valence electrons. The summed E-state index contributed by atoms with van der Waals surface area (Å²) < 4.78 is 4.79. The number of halogens is 1. The Morgan fingerprint density at radius 1 is 1.13 bits per heavy atom. The smallest absolute Gasteiger partial charge is 0.339 e. The lowest BCUT2D eigenvalue weighted by molar-refractivity contribution is -0.113. The standard InChI is InChI=1S/C17H26NO3P.BrH/c1-6-22(7-2,8-3)12-15(19)18-16-13(4)10-9-11-14(16)17(20)21-5;/h9-11H,6-8,12H2,1-5H3;1H. The van der Waals surface area contributed by atoms with Crippen LogP contribution < -0.4 is 22.3 Å². The molecule has 0 aromatic heterocycles. The number of anilines is 1. The summed E-state index contributed by atoms with van der Waals surface area (Å²) in [7, 11) is 0.124. The van der Waals surface area contributed by atoms with E-state index in [-0.39, 0.29) is 22.9 Å². The fourth-order valence-electron chi connectivity index (χ4n) is 2.60. The van der Waals surface area contributed by atoms with Crippen molar-refractivity contribution >= 4 is 24.8 Å². The van der Waals surface area contributed by atoms with Gasteiger partial charge in [0, 0.05) is 7.26 Å². The van der Waals surface area contributed by atoms with Gasteiger partial charge in [0.25, 0.3) is 5.91 Å². The lowest BCUT2D eigenvalue weighted by atomic mass is 10.1. The van der Waals surface area contributed by atoms with Gasteiger partial charge in [0.1, 0.15) is 6.16 Å². The Morgan fingerprint density at radius 2 is 1.70 bits per heavy atom. The second-order valence-corrected chi connectivity index (χ2v) is 10.4. The highest BCUT2D eigenvalue weighted by atomic mass is 79.9. The largest absolute Gasteiger partial charge is 1.00 e. The molecule has 1 rings (SSSR count). The van der Waals surface area contributed by atoms with Crippen LogP contribution in [-0.4, -0.2) is 43.6 Å². The molecule has 1 aromatic rings. The molecule has 0 spiro atoms. The van der Waals surface area contributed by atoms with Crippen LogP contribution in [-0.2, 0) is 9.53 Å². The fraction of sp³-hybridized carbons (Fsp3) is 0.529. The lowest BCUT2D eigenvalue weighted by Crippen LogP contribution is -3.00. The monoisotopic (exact) mass is 403 g/mol. The molecular weight excluding hydrogens is 377 g/mol. The molecular formula is C17H27BrNO3P. The molecule has 0 aliphatic rings. The van der Waals surface area contributed by atoms with Gasteiger partial charge in [-0.1, -0.05) is 12.1 Å². The molecule has 0 radical (unpaired) electrons. The maximum Gasteiger partial charge on any atom is 0.339 e. The molecule has 0 heterocycles. The van der Waals surface area contributed by atoms with Crippen LogP contribution in [0.2, 0.25) is 0 Å². The van der Waals surface area contributed by atoms with Crippen LogP contribution in [0.5, 0.6) is 0 Å². The summed E-state index contributed by atoms with van der Waals surface area (Å²) in [5, 5.41) is 2.94. The number of benzene rings is 1. The zero-order valence-electron chi connectivity index (χ0n) is 14.6. The molecule has 0 unspecified atom stereocenters. The molecule has 0 aliphatic heterocycles. The fourth-order valence-corrected chi connectivity index (χ4v) is 5.30. The van der Waals surface area contributed by atoms with Crippen molar-refractivity contribution in [3.05, 3.63) is 29.3 Å². The Morgan fingerprint density at radius 3 is 2.17 bits per heavy atom. The lowest BCUT2D eigenvalue weighted by Gasteiger charge is -2.23. The molecule has 0 fully saturated rings. The molecule has 0 bridgehead atoms. The summed E-state index contributed by atoms with van der Waals surface area (Å²) in [6, 6.07) is 5.35. The number of rotatable bonds is 7. The van der Waals surface area contributed by atoms with Gasteiger partial charge in [0.05, 0.1) is 36.8 Å². The van der Waals surface area contributed by atoms with Crippen LogP contribution in [0.25, 0.3) is 0 Å². The molecule has 0 saturated heterocycles. The first kappa shape index (κ1) is 22.1. The van der Waals surface area contributed by atoms with Crippen LogP contribution >= 0.6 is 7.26 Å². The van der Waals surface area contributed by atoms with E-state index in [1.54, 1.807) is 12.1 Å². The minimum atomic E-state index is -1.22. The van der Waals surface area contributed by atoms with Gasteiger partial charge in [-0.2, -0.15) is 0 Å². The summed E-state index contributed by atoms with van der Waals surface area (Å²) in [6.07, 6.45) is 3.80. The van der Waals surface area contributed by atoms with Gasteiger partial charge in [0.2, 0.25) is 0 Å². The van der Waals surface area contributed by atoms with Crippen molar-refractivity contribution < 1.29 is 31.3 Å². The van der Waals surface area contributed by atoms with E-state index in [2.05, 4.69) is 26.1 Å². The van der Waals surface area contributed by atoms with Crippen LogP contribution in [0.4, 0.5) is 5.69 Å². The van der Waals surface area contributed by atoms with E-state index < -0.39 is 13.2 Å². The molecule has 4 nitrogen and oxygen atoms in total. The highest BCUT2D eigenvalue weighted by Gasteiger charge is 2.34. The van der Waals surface area contributed by atoms with Crippen molar-refractivity contribution in [2.45, 2.75) is 27.7 Å². The first-order valence-corrected chi connectivity index (χ1v) is 10.3. The zero-order valence-corrected chi connectivity index (χ0v) is 17.1. The maximum atomic E-state index is 12.5. The summed E-state index contributed by atoms with van der Waals surface area (Å²) in [5.41, 5.74) is 1.84. The average Bonchev–Trinajstić information content (AvgIpc) is 2.54. The van der Waals surface area contributed by atoms with Crippen molar-refractivity contribution in [1.82, 2.24) is 0 Å². The number of nitrogens with one attached hydrogen (secondary N) is 1. The number of hydrogen-bond donors (Lipinski definition) is 1. The van der Waals surface area contributed by atoms with Gasteiger partial charge in [0.15, 0.2) is 0 Å². The molecule has 1 N–H and O–H groups in total. The predicted octanol–water partition coefficient (Wildman–Crippen LogP) is 0.801. The van der Waals surface area contributed by atoms with Crippen molar-refractivity contribution in [2.24, 2.45) is 0 Å². The summed E-state index contributed by atoms with van der Waals surface area (Å²) in [4.78, 5) is 24.3. The number of ether oxygens (including phenoxy) is 1. The SMILES string of the molecule is CC[P+](CC)(CC)CC(=O)Nc1c(C)cccc1C(=O)OC.[Br-]. The van der Waals surface area contributed by atoms with E-state index >= 15 is 0 Å². The highest BCUT2D eigenvalue weighted by molar-refractivity contribution is 7.76. The number of esters is 1. The second kappa shape index (κ2) is 10.0. The van der Waals surface area contributed by atoms with Gasteiger partial charge in [-0.05, 0) is 39.3 Å². The predicted molar refractivity (Wildman–Crippen MR) is 94.6 cm³/mol. The minimum Gasteiger partial charge on any atom is -1.00 e. The average molecular weight is 404 g/mol. The van der Waals surface area contributed by atoms with E-state index in [1.165, 1.54) is 7.11 Å². The molecule has 0 saturated carbocycles. The third kappa shape index (κ3) is 5.58. The van der Waals surface area contributed by atoms with Crippen molar-refractivity contribution in [1.29, 1.82) is 0 Å². The molecule has 1 aromatic carbocycles. The Labute approximate surface area is 150 Å². The Kier molecular flexibility index (Phi) is 9.64. The number of hydrogen-bond acceptors (Lipinski definition) is 3. The Hall–Kier alpha value is -0.930. The maximum absolute atomic E-state index is 12.5. The van der Waals surface area contributed by atoms with Gasteiger partial charge >= 0.3 is 5.97 Å². The number of carbonyl (C=O) groups is 2. The number of carbonyl (C=O) groups excluding carboxylic acids is 2. The third-order valence-electron chi connectivity index (χ3n) is 4.43. The highest BCUT2D eigenvalue weighted by Crippen LogP contribution is 2.57. The first-order chi connectivity index (χ1) is 10.4. The quantitative estimate of drug-likeness (QED) is 0.541. The van der Waals surface area contributed by atoms with Gasteiger partial charge < -0.3 is 27.0 Å². The van der Waals surface area contributed by atoms with E-state index in [9.17, 15) is 9.59 Å².